The van der Waals surface area contributed by atoms with Crippen molar-refractivity contribution in [2.75, 3.05) is 11.4 Å². The lowest BCUT2D eigenvalue weighted by molar-refractivity contribution is 0.111. The number of anilines is 1. The summed E-state index contributed by atoms with van der Waals surface area (Å²) in [5.41, 5.74) is 3.17. The molecule has 1 aliphatic carbocycles. The molecule has 2 aromatic rings. The van der Waals surface area contributed by atoms with Gasteiger partial charge in [0, 0.05) is 18.0 Å². The van der Waals surface area contributed by atoms with Crippen molar-refractivity contribution in [2.45, 2.75) is 58.9 Å². The number of carbonyl (C=O) groups is 1. The van der Waals surface area contributed by atoms with Gasteiger partial charge in [0.15, 0.2) is 11.4 Å². The van der Waals surface area contributed by atoms with Crippen LogP contribution in [-0.2, 0) is 6.54 Å². The number of aromatic nitrogens is 1. The lowest BCUT2D eigenvalue weighted by Gasteiger charge is -2.27. The SMILES string of the molecule is Cc1ccc(CN(CCC2CCCCC2)c2nc(C=O)c(C)s2)cc1. The van der Waals surface area contributed by atoms with Crippen molar-refractivity contribution in [1.82, 2.24) is 4.98 Å². The number of hydrogen-bond acceptors (Lipinski definition) is 4. The molecule has 0 amide bonds. The van der Waals surface area contributed by atoms with E-state index in [1.807, 2.05) is 6.92 Å². The van der Waals surface area contributed by atoms with E-state index in [4.69, 9.17) is 0 Å². The molecule has 0 radical (unpaired) electrons. The fourth-order valence-corrected chi connectivity index (χ4v) is 4.51. The Balaban J connectivity index is 1.74. The van der Waals surface area contributed by atoms with Crippen LogP contribution in [0, 0.1) is 19.8 Å². The van der Waals surface area contributed by atoms with Gasteiger partial charge in [-0.2, -0.15) is 0 Å². The van der Waals surface area contributed by atoms with Crippen LogP contribution in [0.4, 0.5) is 5.13 Å². The van der Waals surface area contributed by atoms with Crippen molar-refractivity contribution in [3.05, 3.63) is 46.0 Å². The number of nitrogens with zero attached hydrogens (tertiary/aromatic N) is 2. The van der Waals surface area contributed by atoms with Gasteiger partial charge in [-0.1, -0.05) is 61.9 Å². The number of rotatable bonds is 7. The molecule has 0 spiro atoms. The Morgan fingerprint density at radius 3 is 2.52 bits per heavy atom. The molecule has 1 aliphatic rings. The van der Waals surface area contributed by atoms with Gasteiger partial charge in [-0.3, -0.25) is 4.79 Å². The lowest BCUT2D eigenvalue weighted by Crippen LogP contribution is -2.26. The number of thiazole rings is 1. The lowest BCUT2D eigenvalue weighted by atomic mass is 9.87. The van der Waals surface area contributed by atoms with Crippen LogP contribution >= 0.6 is 11.3 Å². The Hall–Kier alpha value is -1.68. The fourth-order valence-electron chi connectivity index (χ4n) is 3.61. The molecule has 0 N–H and O–H groups in total. The van der Waals surface area contributed by atoms with Crippen molar-refractivity contribution >= 4 is 22.8 Å². The van der Waals surface area contributed by atoms with Gasteiger partial charge in [0.2, 0.25) is 0 Å². The van der Waals surface area contributed by atoms with Gasteiger partial charge in [0.1, 0.15) is 5.69 Å². The zero-order chi connectivity index (χ0) is 17.6. The minimum absolute atomic E-state index is 0.589. The van der Waals surface area contributed by atoms with Gasteiger partial charge in [-0.15, -0.1) is 11.3 Å². The Labute approximate surface area is 155 Å². The highest BCUT2D eigenvalue weighted by atomic mass is 32.1. The highest BCUT2D eigenvalue weighted by molar-refractivity contribution is 7.15. The van der Waals surface area contributed by atoms with Crippen LogP contribution in [0.5, 0.6) is 0 Å². The minimum Gasteiger partial charge on any atom is -0.344 e. The summed E-state index contributed by atoms with van der Waals surface area (Å²) in [4.78, 5) is 19.1. The molecular formula is C21H28N2OS. The van der Waals surface area contributed by atoms with E-state index in [2.05, 4.69) is 41.1 Å². The molecule has 4 heteroatoms. The second kappa shape index (κ2) is 8.61. The third-order valence-corrected chi connectivity index (χ3v) is 6.28. The number of carbonyl (C=O) groups excluding carboxylic acids is 1. The molecule has 1 heterocycles. The van der Waals surface area contributed by atoms with E-state index in [0.717, 1.165) is 35.3 Å². The highest BCUT2D eigenvalue weighted by Gasteiger charge is 2.18. The summed E-state index contributed by atoms with van der Waals surface area (Å²) in [5, 5.41) is 0.982. The third kappa shape index (κ3) is 4.91. The van der Waals surface area contributed by atoms with Crippen LogP contribution in [0.15, 0.2) is 24.3 Å². The molecule has 1 fully saturated rings. The van der Waals surface area contributed by atoms with Crippen LogP contribution < -0.4 is 4.90 Å². The molecule has 25 heavy (non-hydrogen) atoms. The van der Waals surface area contributed by atoms with Gasteiger partial charge >= 0.3 is 0 Å². The molecule has 0 unspecified atom stereocenters. The number of hydrogen-bond donors (Lipinski definition) is 0. The first-order valence-electron chi connectivity index (χ1n) is 9.39. The van der Waals surface area contributed by atoms with Gasteiger partial charge < -0.3 is 4.90 Å². The number of aryl methyl sites for hydroxylation is 2. The molecule has 3 rings (SSSR count). The van der Waals surface area contributed by atoms with Crippen LogP contribution in [0.1, 0.15) is 65.0 Å². The zero-order valence-corrected chi connectivity index (χ0v) is 16.1. The normalized spacial score (nSPS) is 15.3. The van der Waals surface area contributed by atoms with Gasteiger partial charge in [-0.25, -0.2) is 4.98 Å². The Morgan fingerprint density at radius 2 is 1.88 bits per heavy atom. The Morgan fingerprint density at radius 1 is 1.16 bits per heavy atom. The third-order valence-electron chi connectivity index (χ3n) is 5.23. The monoisotopic (exact) mass is 356 g/mol. The Bertz CT molecular complexity index is 686. The standard InChI is InChI=1S/C21H28N2OS/c1-16-8-10-19(11-9-16)14-23(13-12-18-6-4-3-5-7-18)21-22-20(15-24)17(2)25-21/h8-11,15,18H,3-7,12-14H2,1-2H3. The molecule has 0 bridgehead atoms. The molecule has 0 aliphatic heterocycles. The first-order chi connectivity index (χ1) is 12.2. The first kappa shape index (κ1) is 18.1. The minimum atomic E-state index is 0.589. The average Bonchev–Trinajstić information content (AvgIpc) is 3.02. The molecule has 134 valence electrons. The number of benzene rings is 1. The molecule has 1 saturated carbocycles. The Kier molecular flexibility index (Phi) is 6.24. The van der Waals surface area contributed by atoms with Gasteiger partial charge in [0.05, 0.1) is 0 Å². The van der Waals surface area contributed by atoms with E-state index in [1.54, 1.807) is 11.3 Å². The van der Waals surface area contributed by atoms with E-state index in [1.165, 1.54) is 49.7 Å². The van der Waals surface area contributed by atoms with E-state index in [9.17, 15) is 4.79 Å². The summed E-state index contributed by atoms with van der Waals surface area (Å²) in [6.45, 7) is 5.98. The molecule has 3 nitrogen and oxygen atoms in total. The predicted molar refractivity (Wildman–Crippen MR) is 106 cm³/mol. The van der Waals surface area contributed by atoms with Crippen molar-refractivity contribution in [1.29, 1.82) is 0 Å². The molecule has 0 saturated heterocycles. The van der Waals surface area contributed by atoms with Crippen LogP contribution in [0.25, 0.3) is 0 Å². The topological polar surface area (TPSA) is 33.2 Å². The van der Waals surface area contributed by atoms with Crippen molar-refractivity contribution < 1.29 is 4.79 Å². The predicted octanol–water partition coefficient (Wildman–Crippen LogP) is 5.55. The summed E-state index contributed by atoms with van der Waals surface area (Å²) < 4.78 is 0. The van der Waals surface area contributed by atoms with Crippen LogP contribution in [-0.4, -0.2) is 17.8 Å². The largest absolute Gasteiger partial charge is 0.344 e. The number of aldehydes is 1. The fraction of sp³-hybridized carbons (Fsp3) is 0.524. The maximum atomic E-state index is 11.2. The molecule has 1 aromatic carbocycles. The maximum Gasteiger partial charge on any atom is 0.186 e. The summed E-state index contributed by atoms with van der Waals surface area (Å²) in [7, 11) is 0. The van der Waals surface area contributed by atoms with Crippen molar-refractivity contribution in [3.8, 4) is 0 Å². The van der Waals surface area contributed by atoms with Crippen LogP contribution in [0.2, 0.25) is 0 Å². The quantitative estimate of drug-likeness (QED) is 0.610. The smallest absolute Gasteiger partial charge is 0.186 e. The van der Waals surface area contributed by atoms with Crippen molar-refractivity contribution in [2.24, 2.45) is 5.92 Å². The molecular weight excluding hydrogens is 328 g/mol. The molecule has 1 aromatic heterocycles. The van der Waals surface area contributed by atoms with E-state index in [0.29, 0.717) is 5.69 Å². The second-order valence-electron chi connectivity index (χ2n) is 7.26. The summed E-state index contributed by atoms with van der Waals surface area (Å²) in [6.07, 6.45) is 9.01. The van der Waals surface area contributed by atoms with Crippen LogP contribution in [0.3, 0.4) is 0 Å². The maximum absolute atomic E-state index is 11.2. The second-order valence-corrected chi connectivity index (χ2v) is 8.44. The van der Waals surface area contributed by atoms with Gasteiger partial charge in [0.25, 0.3) is 0 Å². The zero-order valence-electron chi connectivity index (χ0n) is 15.3. The van der Waals surface area contributed by atoms with E-state index < -0.39 is 0 Å². The van der Waals surface area contributed by atoms with Crippen molar-refractivity contribution in [3.63, 3.8) is 0 Å². The summed E-state index contributed by atoms with van der Waals surface area (Å²) >= 11 is 1.64. The molecule has 0 atom stereocenters. The average molecular weight is 357 g/mol. The summed E-state index contributed by atoms with van der Waals surface area (Å²) in [5.74, 6) is 0.848. The van der Waals surface area contributed by atoms with E-state index >= 15 is 0 Å². The first-order valence-corrected chi connectivity index (χ1v) is 10.2. The summed E-state index contributed by atoms with van der Waals surface area (Å²) in [6, 6.07) is 8.73. The van der Waals surface area contributed by atoms with Gasteiger partial charge in [-0.05, 0) is 31.7 Å². The highest BCUT2D eigenvalue weighted by Crippen LogP contribution is 2.30. The van der Waals surface area contributed by atoms with E-state index in [-0.39, 0.29) is 0 Å².